The molecule has 0 heterocycles. The van der Waals surface area contributed by atoms with Gasteiger partial charge in [0.2, 0.25) is 5.91 Å². The Kier molecular flexibility index (Phi) is 5.82. The van der Waals surface area contributed by atoms with Crippen molar-refractivity contribution in [2.24, 2.45) is 11.5 Å². The van der Waals surface area contributed by atoms with Gasteiger partial charge in [0.05, 0.1) is 0 Å². The van der Waals surface area contributed by atoms with Crippen LogP contribution in [0.4, 0.5) is 0 Å². The minimum atomic E-state index is -1.04. The molecule has 1 amide bonds. The molecule has 6 N–H and O–H groups in total. The third-order valence-electron chi connectivity index (χ3n) is 1.46. The monoisotopic (exact) mass is 189 g/mol. The van der Waals surface area contributed by atoms with Gasteiger partial charge in [0.25, 0.3) is 0 Å². The molecule has 0 saturated heterocycles. The van der Waals surface area contributed by atoms with Crippen LogP contribution in [-0.2, 0) is 9.59 Å². The highest BCUT2D eigenvalue weighted by molar-refractivity contribution is 5.73. The average Bonchev–Trinajstić information content (AvgIpc) is 2.02. The number of rotatable bonds is 7. The molecule has 13 heavy (non-hydrogen) atoms. The second kappa shape index (κ2) is 6.38. The van der Waals surface area contributed by atoms with E-state index in [2.05, 4.69) is 5.32 Å². The quantitative estimate of drug-likeness (QED) is 0.354. The summed E-state index contributed by atoms with van der Waals surface area (Å²) in [5.74, 6) is -1.40. The molecule has 0 aromatic carbocycles. The molecule has 0 aromatic heterocycles. The van der Waals surface area contributed by atoms with E-state index in [1.54, 1.807) is 0 Å². The maximum absolute atomic E-state index is 10.3. The van der Waals surface area contributed by atoms with E-state index < -0.39 is 12.0 Å². The number of amides is 1. The van der Waals surface area contributed by atoms with Crippen molar-refractivity contribution < 1.29 is 14.7 Å². The first-order chi connectivity index (χ1) is 6.04. The van der Waals surface area contributed by atoms with Gasteiger partial charge in [0.15, 0.2) is 0 Å². The Morgan fingerprint density at radius 1 is 1.46 bits per heavy atom. The number of carbonyl (C=O) groups excluding carboxylic acids is 1. The van der Waals surface area contributed by atoms with E-state index in [-0.39, 0.29) is 12.5 Å². The van der Waals surface area contributed by atoms with Crippen LogP contribution >= 0.6 is 0 Å². The van der Waals surface area contributed by atoms with Gasteiger partial charge in [-0.15, -0.1) is 0 Å². The Hall–Kier alpha value is -1.14. The van der Waals surface area contributed by atoms with Crippen LogP contribution in [0.2, 0.25) is 0 Å². The standard InChI is InChI=1S/C7H15N3O3/c8-5(7(12)13)4-10-3-1-2-6(9)11/h5,10H,1-4,8H2,(H2,9,11)(H,12,13). The summed E-state index contributed by atoms with van der Waals surface area (Å²) in [4.78, 5) is 20.5. The van der Waals surface area contributed by atoms with Gasteiger partial charge in [-0.3, -0.25) is 9.59 Å². The van der Waals surface area contributed by atoms with Gasteiger partial charge in [-0.1, -0.05) is 0 Å². The first-order valence-corrected chi connectivity index (χ1v) is 4.01. The second-order valence-electron chi connectivity index (χ2n) is 2.72. The maximum Gasteiger partial charge on any atom is 0.321 e. The molecule has 1 unspecified atom stereocenters. The number of hydrogen-bond donors (Lipinski definition) is 4. The lowest BCUT2D eigenvalue weighted by Gasteiger charge is -2.07. The van der Waals surface area contributed by atoms with E-state index in [1.165, 1.54) is 0 Å². The Morgan fingerprint density at radius 2 is 2.08 bits per heavy atom. The fourth-order valence-corrected chi connectivity index (χ4v) is 0.732. The summed E-state index contributed by atoms with van der Waals surface area (Å²) < 4.78 is 0. The van der Waals surface area contributed by atoms with E-state index in [4.69, 9.17) is 16.6 Å². The van der Waals surface area contributed by atoms with Crippen LogP contribution in [0.25, 0.3) is 0 Å². The summed E-state index contributed by atoms with van der Waals surface area (Å²) >= 11 is 0. The van der Waals surface area contributed by atoms with E-state index in [9.17, 15) is 9.59 Å². The van der Waals surface area contributed by atoms with Crippen molar-refractivity contribution in [2.45, 2.75) is 18.9 Å². The number of hydrogen-bond acceptors (Lipinski definition) is 4. The van der Waals surface area contributed by atoms with Crippen LogP contribution in [0.1, 0.15) is 12.8 Å². The molecule has 0 aromatic rings. The predicted octanol–water partition coefficient (Wildman–Crippen LogP) is -1.75. The molecule has 0 saturated carbocycles. The summed E-state index contributed by atoms with van der Waals surface area (Å²) in [5, 5.41) is 11.2. The fraction of sp³-hybridized carbons (Fsp3) is 0.714. The highest BCUT2D eigenvalue weighted by Gasteiger charge is 2.09. The van der Waals surface area contributed by atoms with Gasteiger partial charge in [0, 0.05) is 13.0 Å². The molecule has 76 valence electrons. The lowest BCUT2D eigenvalue weighted by Crippen LogP contribution is -2.40. The number of carboxylic acids is 1. The molecule has 0 aliphatic carbocycles. The number of nitrogens with one attached hydrogen (secondary N) is 1. The summed E-state index contributed by atoms with van der Waals surface area (Å²) in [6.07, 6.45) is 0.900. The van der Waals surface area contributed by atoms with Gasteiger partial charge in [-0.05, 0) is 13.0 Å². The van der Waals surface area contributed by atoms with E-state index in [1.807, 2.05) is 0 Å². The molecule has 0 bridgehead atoms. The minimum absolute atomic E-state index is 0.202. The smallest absolute Gasteiger partial charge is 0.321 e. The molecule has 0 fully saturated rings. The van der Waals surface area contributed by atoms with Gasteiger partial charge >= 0.3 is 5.97 Å². The molecule has 1 atom stereocenters. The van der Waals surface area contributed by atoms with Gasteiger partial charge < -0.3 is 21.9 Å². The lowest BCUT2D eigenvalue weighted by molar-refractivity contribution is -0.138. The van der Waals surface area contributed by atoms with Crippen molar-refractivity contribution >= 4 is 11.9 Å². The van der Waals surface area contributed by atoms with E-state index in [0.29, 0.717) is 19.4 Å². The molecule has 6 heteroatoms. The van der Waals surface area contributed by atoms with Crippen molar-refractivity contribution in [1.29, 1.82) is 0 Å². The second-order valence-corrected chi connectivity index (χ2v) is 2.72. The van der Waals surface area contributed by atoms with E-state index in [0.717, 1.165) is 0 Å². The van der Waals surface area contributed by atoms with Gasteiger partial charge in [0.1, 0.15) is 6.04 Å². The first kappa shape index (κ1) is 11.9. The van der Waals surface area contributed by atoms with Gasteiger partial charge in [-0.25, -0.2) is 0 Å². The van der Waals surface area contributed by atoms with Crippen molar-refractivity contribution in [1.82, 2.24) is 5.32 Å². The van der Waals surface area contributed by atoms with Crippen LogP contribution in [0.5, 0.6) is 0 Å². The van der Waals surface area contributed by atoms with Crippen LogP contribution in [-0.4, -0.2) is 36.1 Å². The third-order valence-corrected chi connectivity index (χ3v) is 1.46. The van der Waals surface area contributed by atoms with Crippen molar-refractivity contribution in [3.8, 4) is 0 Å². The molecule has 0 rings (SSSR count). The average molecular weight is 189 g/mol. The zero-order valence-corrected chi connectivity index (χ0v) is 7.32. The summed E-state index contributed by atoms with van der Waals surface area (Å²) in [5.41, 5.74) is 10.1. The number of nitrogens with two attached hydrogens (primary N) is 2. The van der Waals surface area contributed by atoms with Crippen LogP contribution < -0.4 is 16.8 Å². The Morgan fingerprint density at radius 3 is 2.54 bits per heavy atom. The number of carboxylic acid groups (broad SMARTS) is 1. The molecular weight excluding hydrogens is 174 g/mol. The Bertz CT molecular complexity index is 184. The fourth-order valence-electron chi connectivity index (χ4n) is 0.732. The van der Waals surface area contributed by atoms with Crippen molar-refractivity contribution in [2.75, 3.05) is 13.1 Å². The largest absolute Gasteiger partial charge is 0.480 e. The van der Waals surface area contributed by atoms with Gasteiger partial charge in [-0.2, -0.15) is 0 Å². The number of primary amides is 1. The predicted molar refractivity (Wildman–Crippen MR) is 46.9 cm³/mol. The molecule has 0 spiro atoms. The summed E-state index contributed by atoms with van der Waals surface area (Å²) in [6, 6.07) is -0.895. The lowest BCUT2D eigenvalue weighted by atomic mass is 10.3. The molecule has 0 radical (unpaired) electrons. The van der Waals surface area contributed by atoms with Crippen LogP contribution in [0.15, 0.2) is 0 Å². The number of carbonyl (C=O) groups is 2. The highest BCUT2D eigenvalue weighted by atomic mass is 16.4. The molecule has 6 nitrogen and oxygen atoms in total. The molecule has 0 aliphatic rings. The normalized spacial score (nSPS) is 12.4. The third kappa shape index (κ3) is 7.23. The maximum atomic E-state index is 10.3. The summed E-state index contributed by atoms with van der Waals surface area (Å²) in [6.45, 7) is 0.748. The zero-order chi connectivity index (χ0) is 10.3. The number of aliphatic carboxylic acids is 1. The van der Waals surface area contributed by atoms with Crippen LogP contribution in [0.3, 0.4) is 0 Å². The van der Waals surface area contributed by atoms with Crippen molar-refractivity contribution in [3.05, 3.63) is 0 Å². The van der Waals surface area contributed by atoms with Crippen molar-refractivity contribution in [3.63, 3.8) is 0 Å². The zero-order valence-electron chi connectivity index (χ0n) is 7.32. The summed E-state index contributed by atoms with van der Waals surface area (Å²) in [7, 11) is 0. The molecular formula is C7H15N3O3. The minimum Gasteiger partial charge on any atom is -0.480 e. The van der Waals surface area contributed by atoms with E-state index >= 15 is 0 Å². The van der Waals surface area contributed by atoms with Crippen LogP contribution in [0, 0.1) is 0 Å². The SMILES string of the molecule is NC(=O)CCCNCC(N)C(=O)O. The Labute approximate surface area is 76.3 Å². The highest BCUT2D eigenvalue weighted by Crippen LogP contribution is 1.84. The topological polar surface area (TPSA) is 118 Å². The molecule has 0 aliphatic heterocycles. The Balaban J connectivity index is 3.26. The first-order valence-electron chi connectivity index (χ1n) is 4.01.